The molecule has 1 N–H and O–H groups in total. The van der Waals surface area contributed by atoms with Gasteiger partial charge in [-0.05, 0) is 49.9 Å². The fourth-order valence-corrected chi connectivity index (χ4v) is 4.55. The molecule has 2 fully saturated rings. The number of amides is 2. The summed E-state index contributed by atoms with van der Waals surface area (Å²) in [5.74, 6) is 5.88. The molecule has 1 aromatic carbocycles. The van der Waals surface area contributed by atoms with E-state index in [1.54, 1.807) is 0 Å². The van der Waals surface area contributed by atoms with Crippen molar-refractivity contribution >= 4 is 27.5 Å². The number of sulfonamides is 1. The molecule has 7 nitrogen and oxygen atoms in total. The number of piperidine rings is 2. The van der Waals surface area contributed by atoms with E-state index < -0.39 is 10.0 Å². The molecule has 8 heteroatoms. The van der Waals surface area contributed by atoms with Crippen molar-refractivity contribution in [1.29, 1.82) is 0 Å². The van der Waals surface area contributed by atoms with Gasteiger partial charge >= 0.3 is 0 Å². The minimum atomic E-state index is -3.18. The van der Waals surface area contributed by atoms with Crippen LogP contribution in [0, 0.1) is 17.8 Å². The maximum absolute atomic E-state index is 12.2. The highest BCUT2D eigenvalue weighted by Gasteiger charge is 2.28. The summed E-state index contributed by atoms with van der Waals surface area (Å²) in [6, 6.07) is 7.57. The van der Waals surface area contributed by atoms with Crippen LogP contribution in [0.3, 0.4) is 0 Å². The number of nitrogens with one attached hydrogen (secondary N) is 1. The van der Waals surface area contributed by atoms with Crippen LogP contribution in [-0.2, 0) is 19.6 Å². The zero-order valence-electron chi connectivity index (χ0n) is 16.7. The Hall–Kier alpha value is -2.37. The Morgan fingerprint density at radius 1 is 1.14 bits per heavy atom. The first-order valence-corrected chi connectivity index (χ1v) is 11.8. The number of nitrogens with zero attached hydrogens (tertiary/aromatic N) is 2. The molecule has 2 aliphatic rings. The smallest absolute Gasteiger partial charge is 0.226 e. The van der Waals surface area contributed by atoms with Gasteiger partial charge in [0.05, 0.1) is 12.8 Å². The van der Waals surface area contributed by atoms with Gasteiger partial charge in [0, 0.05) is 43.2 Å². The molecule has 0 radical (unpaired) electrons. The molecule has 29 heavy (non-hydrogen) atoms. The van der Waals surface area contributed by atoms with Crippen LogP contribution in [-0.4, -0.2) is 57.0 Å². The standard InChI is InChI=1S/C21H27N3O4S/c1-29(27,28)23-15-11-18(12-16-23)21(26)22-13-4-5-17-7-9-19(10-8-17)24-14-3-2-6-20(24)25/h7-10,18H,2-3,6,11-16H2,1H3,(H,22,26). The van der Waals surface area contributed by atoms with Crippen LogP contribution in [0.5, 0.6) is 0 Å². The van der Waals surface area contributed by atoms with E-state index in [2.05, 4.69) is 17.2 Å². The highest BCUT2D eigenvalue weighted by Crippen LogP contribution is 2.21. The van der Waals surface area contributed by atoms with Crippen LogP contribution >= 0.6 is 0 Å². The lowest BCUT2D eigenvalue weighted by Gasteiger charge is -2.29. The maximum atomic E-state index is 12.2. The quantitative estimate of drug-likeness (QED) is 0.749. The number of anilines is 1. The molecule has 0 atom stereocenters. The molecule has 3 rings (SSSR count). The Bertz CT molecular complexity index is 907. The molecule has 0 spiro atoms. The average molecular weight is 418 g/mol. The second-order valence-electron chi connectivity index (χ2n) is 7.51. The van der Waals surface area contributed by atoms with Crippen molar-refractivity contribution in [2.24, 2.45) is 5.92 Å². The molecule has 156 valence electrons. The monoisotopic (exact) mass is 417 g/mol. The van der Waals surface area contributed by atoms with Gasteiger partial charge in [0.25, 0.3) is 0 Å². The molecule has 2 saturated heterocycles. The summed E-state index contributed by atoms with van der Waals surface area (Å²) >= 11 is 0. The molecular formula is C21H27N3O4S. The van der Waals surface area contributed by atoms with Crippen molar-refractivity contribution in [3.63, 3.8) is 0 Å². The van der Waals surface area contributed by atoms with Crippen molar-refractivity contribution in [2.45, 2.75) is 32.1 Å². The van der Waals surface area contributed by atoms with Gasteiger partial charge in [-0.1, -0.05) is 11.8 Å². The normalized spacial score (nSPS) is 18.8. The highest BCUT2D eigenvalue weighted by atomic mass is 32.2. The van der Waals surface area contributed by atoms with Crippen LogP contribution in [0.25, 0.3) is 0 Å². The topological polar surface area (TPSA) is 86.8 Å². The Balaban J connectivity index is 1.45. The Morgan fingerprint density at radius 3 is 2.45 bits per heavy atom. The summed E-state index contributed by atoms with van der Waals surface area (Å²) in [5.41, 5.74) is 1.72. The summed E-state index contributed by atoms with van der Waals surface area (Å²) in [6.07, 6.45) is 4.85. The number of hydrogen-bond acceptors (Lipinski definition) is 4. The van der Waals surface area contributed by atoms with Crippen LogP contribution in [0.2, 0.25) is 0 Å². The Morgan fingerprint density at radius 2 is 1.83 bits per heavy atom. The van der Waals surface area contributed by atoms with Crippen LogP contribution in [0.15, 0.2) is 24.3 Å². The van der Waals surface area contributed by atoms with E-state index in [-0.39, 0.29) is 24.3 Å². The SMILES string of the molecule is CS(=O)(=O)N1CCC(C(=O)NCC#Cc2ccc(N3CCCCC3=O)cc2)CC1. The molecule has 2 amide bonds. The van der Waals surface area contributed by atoms with E-state index >= 15 is 0 Å². The summed E-state index contributed by atoms with van der Waals surface area (Å²) in [7, 11) is -3.18. The third kappa shape index (κ3) is 5.81. The number of benzene rings is 1. The second kappa shape index (κ2) is 9.42. The van der Waals surface area contributed by atoms with Crippen molar-refractivity contribution in [2.75, 3.05) is 37.3 Å². The second-order valence-corrected chi connectivity index (χ2v) is 9.49. The molecule has 0 saturated carbocycles. The lowest BCUT2D eigenvalue weighted by Crippen LogP contribution is -2.42. The van der Waals surface area contributed by atoms with Gasteiger partial charge in [0.1, 0.15) is 0 Å². The number of carbonyl (C=O) groups excluding carboxylic acids is 2. The first-order valence-electron chi connectivity index (χ1n) is 9.97. The van der Waals surface area contributed by atoms with E-state index in [1.807, 2.05) is 29.2 Å². The lowest BCUT2D eigenvalue weighted by atomic mass is 9.97. The Kier molecular flexibility index (Phi) is 6.93. The number of hydrogen-bond donors (Lipinski definition) is 1. The molecule has 0 unspecified atom stereocenters. The predicted molar refractivity (Wildman–Crippen MR) is 112 cm³/mol. The zero-order chi connectivity index (χ0) is 20.9. The molecule has 2 aliphatic heterocycles. The molecule has 1 aromatic rings. The Labute approximate surface area is 172 Å². The summed E-state index contributed by atoms with van der Waals surface area (Å²) in [5, 5.41) is 2.81. The fourth-order valence-electron chi connectivity index (χ4n) is 3.68. The van der Waals surface area contributed by atoms with Crippen molar-refractivity contribution in [1.82, 2.24) is 9.62 Å². The largest absolute Gasteiger partial charge is 0.345 e. The minimum Gasteiger partial charge on any atom is -0.345 e. The van der Waals surface area contributed by atoms with Gasteiger partial charge in [0.2, 0.25) is 21.8 Å². The van der Waals surface area contributed by atoms with Crippen LogP contribution in [0.1, 0.15) is 37.7 Å². The third-order valence-corrected chi connectivity index (χ3v) is 6.68. The number of carbonyl (C=O) groups is 2. The molecular weight excluding hydrogens is 390 g/mol. The summed E-state index contributed by atoms with van der Waals surface area (Å²) < 4.78 is 24.5. The maximum Gasteiger partial charge on any atom is 0.226 e. The minimum absolute atomic E-state index is 0.0774. The van der Waals surface area contributed by atoms with E-state index in [9.17, 15) is 18.0 Å². The average Bonchev–Trinajstić information content (AvgIpc) is 2.71. The first-order chi connectivity index (χ1) is 13.8. The lowest BCUT2D eigenvalue weighted by molar-refractivity contribution is -0.125. The molecule has 0 aliphatic carbocycles. The van der Waals surface area contributed by atoms with E-state index in [0.717, 1.165) is 30.6 Å². The van der Waals surface area contributed by atoms with Gasteiger partial charge in [-0.3, -0.25) is 9.59 Å². The van der Waals surface area contributed by atoms with Gasteiger partial charge in [-0.25, -0.2) is 12.7 Å². The van der Waals surface area contributed by atoms with Crippen LogP contribution < -0.4 is 10.2 Å². The van der Waals surface area contributed by atoms with Gasteiger partial charge in [-0.2, -0.15) is 0 Å². The summed E-state index contributed by atoms with van der Waals surface area (Å²) in [6.45, 7) is 1.78. The third-order valence-electron chi connectivity index (χ3n) is 5.38. The van der Waals surface area contributed by atoms with Crippen molar-refractivity contribution < 1.29 is 18.0 Å². The van der Waals surface area contributed by atoms with Gasteiger partial charge in [0.15, 0.2) is 0 Å². The number of rotatable bonds is 4. The van der Waals surface area contributed by atoms with E-state index in [0.29, 0.717) is 32.4 Å². The zero-order valence-corrected chi connectivity index (χ0v) is 17.5. The van der Waals surface area contributed by atoms with Gasteiger partial charge < -0.3 is 10.2 Å². The molecule has 0 aromatic heterocycles. The summed E-state index contributed by atoms with van der Waals surface area (Å²) in [4.78, 5) is 26.0. The van der Waals surface area contributed by atoms with Crippen LogP contribution in [0.4, 0.5) is 5.69 Å². The van der Waals surface area contributed by atoms with Crippen molar-refractivity contribution in [3.8, 4) is 11.8 Å². The van der Waals surface area contributed by atoms with Crippen molar-refractivity contribution in [3.05, 3.63) is 29.8 Å². The van der Waals surface area contributed by atoms with E-state index in [1.165, 1.54) is 10.6 Å². The fraction of sp³-hybridized carbons (Fsp3) is 0.524. The predicted octanol–water partition coefficient (Wildman–Crippen LogP) is 1.34. The first kappa shape index (κ1) is 21.3. The highest BCUT2D eigenvalue weighted by molar-refractivity contribution is 7.88. The molecule has 2 heterocycles. The van der Waals surface area contributed by atoms with E-state index in [4.69, 9.17) is 0 Å². The molecule has 0 bridgehead atoms. The van der Waals surface area contributed by atoms with Gasteiger partial charge in [-0.15, -0.1) is 0 Å².